The number of carboxylic acid groups (broad SMARTS) is 1. The average Bonchev–Trinajstić information content (AvgIpc) is 3.62. The second kappa shape index (κ2) is 8.09. The van der Waals surface area contributed by atoms with Crippen LogP contribution >= 0.6 is 0 Å². The van der Waals surface area contributed by atoms with Crippen LogP contribution in [0.15, 0.2) is 59.7 Å². The van der Waals surface area contributed by atoms with Crippen molar-refractivity contribution in [3.63, 3.8) is 0 Å². The van der Waals surface area contributed by atoms with Crippen molar-refractivity contribution >= 4 is 28.5 Å². The van der Waals surface area contributed by atoms with Crippen molar-refractivity contribution < 1.29 is 18.7 Å². The molecule has 4 aromatic rings. The number of nitrogens with zero attached hydrogens (tertiary/aromatic N) is 3. The second-order valence-corrected chi connectivity index (χ2v) is 7.97. The zero-order valence-corrected chi connectivity index (χ0v) is 17.3. The molecule has 0 bridgehead atoms. The molecule has 2 N–H and O–H groups in total. The first-order valence-corrected chi connectivity index (χ1v) is 10.3. The van der Waals surface area contributed by atoms with E-state index in [1.165, 1.54) is 12.3 Å². The molecule has 0 atom stereocenters. The Morgan fingerprint density at radius 2 is 1.94 bits per heavy atom. The fourth-order valence-electron chi connectivity index (χ4n) is 3.78. The molecule has 1 aliphatic carbocycles. The number of carbonyl (C=O) groups is 1. The van der Waals surface area contributed by atoms with Gasteiger partial charge in [-0.2, -0.15) is 0 Å². The lowest BCUT2D eigenvalue weighted by Gasteiger charge is -2.13. The summed E-state index contributed by atoms with van der Waals surface area (Å²) < 4.78 is 28.5. The molecule has 2 heterocycles. The average molecular weight is 448 g/mol. The Morgan fingerprint density at radius 3 is 2.67 bits per heavy atom. The maximum atomic E-state index is 13.5. The number of rotatable bonds is 6. The van der Waals surface area contributed by atoms with Gasteiger partial charge in [-0.15, -0.1) is 0 Å². The number of benzene rings is 2. The van der Waals surface area contributed by atoms with Gasteiger partial charge in [0, 0.05) is 35.9 Å². The molecule has 0 amide bonds. The minimum atomic E-state index is -1.25. The number of carboxylic acids is 1. The van der Waals surface area contributed by atoms with Gasteiger partial charge in [-0.3, -0.25) is 4.79 Å². The van der Waals surface area contributed by atoms with E-state index in [1.807, 2.05) is 4.57 Å². The van der Waals surface area contributed by atoms with Crippen LogP contribution < -0.4 is 10.7 Å². The highest BCUT2D eigenvalue weighted by Crippen LogP contribution is 2.37. The fourth-order valence-corrected chi connectivity index (χ4v) is 3.78. The molecule has 166 valence electrons. The Labute approximate surface area is 186 Å². The van der Waals surface area contributed by atoms with Crippen molar-refractivity contribution in [3.8, 4) is 0 Å². The minimum absolute atomic E-state index is 0.164. The van der Waals surface area contributed by atoms with E-state index >= 15 is 0 Å². The van der Waals surface area contributed by atoms with Crippen molar-refractivity contribution in [1.82, 2.24) is 14.5 Å². The third-order valence-corrected chi connectivity index (χ3v) is 5.54. The van der Waals surface area contributed by atoms with Gasteiger partial charge in [-0.05, 0) is 54.8 Å². The van der Waals surface area contributed by atoms with E-state index in [9.17, 15) is 23.5 Å². The summed E-state index contributed by atoms with van der Waals surface area (Å²) in [5, 5.41) is 12.8. The maximum Gasteiger partial charge on any atom is 0.341 e. The van der Waals surface area contributed by atoms with Crippen LogP contribution in [0.4, 0.5) is 20.4 Å². The Bertz CT molecular complexity index is 1460. The van der Waals surface area contributed by atoms with E-state index < -0.39 is 23.0 Å². The normalized spacial score (nSPS) is 13.3. The Hall–Kier alpha value is -4.14. The number of hydrogen-bond acceptors (Lipinski definition) is 5. The van der Waals surface area contributed by atoms with Crippen molar-refractivity contribution in [1.29, 1.82) is 0 Å². The molecule has 0 saturated heterocycles. The Kier molecular flexibility index (Phi) is 5.08. The summed E-state index contributed by atoms with van der Waals surface area (Å²) in [5.74, 6) is -2.76. The third kappa shape index (κ3) is 4.17. The monoisotopic (exact) mass is 448 g/mol. The number of aromatic nitrogens is 3. The summed E-state index contributed by atoms with van der Waals surface area (Å²) in [7, 11) is 0. The first-order chi connectivity index (χ1) is 15.9. The molecular formula is C24H18F2N4O3. The molecule has 0 unspecified atom stereocenters. The summed E-state index contributed by atoms with van der Waals surface area (Å²) in [4.78, 5) is 32.7. The zero-order valence-electron chi connectivity index (χ0n) is 17.3. The zero-order chi connectivity index (χ0) is 23.1. The molecule has 1 aliphatic rings. The highest BCUT2D eigenvalue weighted by molar-refractivity contribution is 5.93. The van der Waals surface area contributed by atoms with Gasteiger partial charge in [-0.25, -0.2) is 23.5 Å². The largest absolute Gasteiger partial charge is 0.477 e. The molecule has 9 heteroatoms. The third-order valence-electron chi connectivity index (χ3n) is 5.54. The van der Waals surface area contributed by atoms with Crippen LogP contribution in [0.1, 0.15) is 40.5 Å². The number of halogens is 2. The van der Waals surface area contributed by atoms with E-state index in [-0.39, 0.29) is 11.6 Å². The summed E-state index contributed by atoms with van der Waals surface area (Å²) in [5.41, 5.74) is 1.68. The van der Waals surface area contributed by atoms with Gasteiger partial charge < -0.3 is 15.0 Å². The second-order valence-electron chi connectivity index (χ2n) is 7.97. The molecule has 1 fully saturated rings. The lowest BCUT2D eigenvalue weighted by Crippen LogP contribution is -2.18. The van der Waals surface area contributed by atoms with Gasteiger partial charge in [0.25, 0.3) is 0 Å². The number of nitrogens with one attached hydrogen (secondary N) is 1. The van der Waals surface area contributed by atoms with Crippen LogP contribution in [-0.4, -0.2) is 25.6 Å². The van der Waals surface area contributed by atoms with Crippen molar-refractivity contribution in [2.75, 3.05) is 5.32 Å². The highest BCUT2D eigenvalue weighted by atomic mass is 19.2. The van der Waals surface area contributed by atoms with Crippen molar-refractivity contribution in [3.05, 3.63) is 93.5 Å². The Balaban J connectivity index is 1.46. The van der Waals surface area contributed by atoms with E-state index in [0.717, 1.165) is 25.0 Å². The van der Waals surface area contributed by atoms with Crippen LogP contribution in [0.5, 0.6) is 0 Å². The van der Waals surface area contributed by atoms with Crippen LogP contribution in [-0.2, 0) is 6.42 Å². The first kappa shape index (κ1) is 20.7. The predicted molar refractivity (Wildman–Crippen MR) is 118 cm³/mol. The highest BCUT2D eigenvalue weighted by Gasteiger charge is 2.26. The summed E-state index contributed by atoms with van der Waals surface area (Å²) in [6, 6.07) is 10.6. The fraction of sp³-hybridized carbons (Fsp3) is 0.167. The van der Waals surface area contributed by atoms with Crippen LogP contribution in [0, 0.1) is 11.6 Å². The van der Waals surface area contributed by atoms with Gasteiger partial charge in [0.15, 0.2) is 11.6 Å². The molecule has 33 heavy (non-hydrogen) atoms. The van der Waals surface area contributed by atoms with E-state index in [2.05, 4.69) is 15.3 Å². The molecule has 1 saturated carbocycles. The van der Waals surface area contributed by atoms with Gasteiger partial charge in [0.2, 0.25) is 11.4 Å². The van der Waals surface area contributed by atoms with Crippen molar-refractivity contribution in [2.45, 2.75) is 25.3 Å². The molecule has 7 nitrogen and oxygen atoms in total. The molecule has 2 aromatic heterocycles. The van der Waals surface area contributed by atoms with E-state index in [0.29, 0.717) is 40.2 Å². The van der Waals surface area contributed by atoms with E-state index in [1.54, 1.807) is 30.5 Å². The molecule has 0 radical (unpaired) electrons. The summed E-state index contributed by atoms with van der Waals surface area (Å²) in [6.45, 7) is 0. The quantitative estimate of drug-likeness (QED) is 0.453. The lowest BCUT2D eigenvalue weighted by atomic mass is 10.1. The van der Waals surface area contributed by atoms with Gasteiger partial charge in [0.05, 0.1) is 11.2 Å². The summed E-state index contributed by atoms with van der Waals surface area (Å²) in [6.07, 6.45) is 5.11. The molecule has 0 aliphatic heterocycles. The smallest absolute Gasteiger partial charge is 0.341 e. The van der Waals surface area contributed by atoms with Crippen LogP contribution in [0.2, 0.25) is 0 Å². The number of pyridine rings is 1. The molecule has 2 aromatic carbocycles. The minimum Gasteiger partial charge on any atom is -0.477 e. The predicted octanol–water partition coefficient (Wildman–Crippen LogP) is 4.44. The van der Waals surface area contributed by atoms with E-state index in [4.69, 9.17) is 0 Å². The van der Waals surface area contributed by atoms with Gasteiger partial charge in [-0.1, -0.05) is 6.07 Å². The summed E-state index contributed by atoms with van der Waals surface area (Å²) >= 11 is 0. The lowest BCUT2D eigenvalue weighted by molar-refractivity contribution is 0.0695. The molecule has 5 rings (SSSR count). The van der Waals surface area contributed by atoms with Crippen molar-refractivity contribution in [2.24, 2.45) is 0 Å². The number of fused-ring (bicyclic) bond motifs is 1. The maximum absolute atomic E-state index is 13.5. The Morgan fingerprint density at radius 1 is 1.12 bits per heavy atom. The van der Waals surface area contributed by atoms with Crippen LogP contribution in [0.3, 0.4) is 0 Å². The number of hydrogen-bond donors (Lipinski definition) is 2. The van der Waals surface area contributed by atoms with Gasteiger partial charge >= 0.3 is 5.97 Å². The number of anilines is 2. The SMILES string of the molecule is O=C(O)c1cn(C2CC2)c2cc(Nc3nccc(Cc4ccc(F)c(F)c4)n3)ccc2c1=O. The standard InChI is InChI=1S/C24H18F2N4O3/c25-19-6-1-13(10-20(19)26)9-15-7-8-27-24(29-15)28-14-2-5-17-21(11-14)30(16-3-4-16)12-18(22(17)31)23(32)33/h1-2,5-8,10-12,16H,3-4,9H2,(H,32,33)(H,27,28,29). The molecular weight excluding hydrogens is 430 g/mol. The number of aromatic carboxylic acids is 1. The topological polar surface area (TPSA) is 97.1 Å². The first-order valence-electron chi connectivity index (χ1n) is 10.3. The van der Waals surface area contributed by atoms with Crippen LogP contribution in [0.25, 0.3) is 10.9 Å². The molecule has 0 spiro atoms. The van der Waals surface area contributed by atoms with Gasteiger partial charge in [0.1, 0.15) is 5.56 Å².